The molecule has 7 heteroatoms. The summed E-state index contributed by atoms with van der Waals surface area (Å²) in [5.41, 5.74) is 4.04. The summed E-state index contributed by atoms with van der Waals surface area (Å²) in [7, 11) is 1.49. The van der Waals surface area contributed by atoms with E-state index in [1.54, 1.807) is 23.1 Å². The lowest BCUT2D eigenvalue weighted by Crippen LogP contribution is -2.29. The highest BCUT2D eigenvalue weighted by Crippen LogP contribution is 2.41. The average molecular weight is 509 g/mol. The van der Waals surface area contributed by atoms with Crippen LogP contribution in [0, 0.1) is 13.8 Å². The van der Waals surface area contributed by atoms with Crippen LogP contribution in [0.25, 0.3) is 6.08 Å². The van der Waals surface area contributed by atoms with Crippen LogP contribution in [-0.4, -0.2) is 23.3 Å². The van der Waals surface area contributed by atoms with Crippen molar-refractivity contribution in [2.45, 2.75) is 13.8 Å². The first kappa shape index (κ1) is 22.2. The van der Waals surface area contributed by atoms with Gasteiger partial charge >= 0.3 is 0 Å². The molecule has 1 amide bonds. The second kappa shape index (κ2) is 9.22. The number of aliphatic imine (C=N–C) groups is 1. The van der Waals surface area contributed by atoms with Gasteiger partial charge in [0.05, 0.1) is 23.4 Å². The number of nitrogens with zero attached hydrogens (tertiary/aromatic N) is 2. The number of phenols is 1. The van der Waals surface area contributed by atoms with Crippen molar-refractivity contribution in [2.24, 2.45) is 4.99 Å². The zero-order valence-electron chi connectivity index (χ0n) is 17.8. The number of phenolic OH excluding ortho intramolecular Hbond substituents is 1. The van der Waals surface area contributed by atoms with Gasteiger partial charge in [0.25, 0.3) is 5.91 Å². The van der Waals surface area contributed by atoms with Crippen molar-refractivity contribution in [3.05, 3.63) is 86.7 Å². The summed E-state index contributed by atoms with van der Waals surface area (Å²) in [6, 6.07) is 18.9. The standard InChI is InChI=1S/C25H21BrN2O3S/c1-15-8-4-6-10-19(15)27-25-28(20-11-7-5-9-16(20)2)24(30)22(32-25)13-17-12-18(26)14-21(31-3)23(17)29/h4-14,29H,1-3H3/b22-13+,27-25?. The van der Waals surface area contributed by atoms with E-state index in [-0.39, 0.29) is 11.7 Å². The number of aryl methyl sites for hydroxylation is 2. The molecule has 1 saturated heterocycles. The molecule has 1 aliphatic heterocycles. The van der Waals surface area contributed by atoms with E-state index in [1.807, 2.05) is 62.4 Å². The molecule has 1 heterocycles. The third-order valence-electron chi connectivity index (χ3n) is 5.07. The smallest absolute Gasteiger partial charge is 0.271 e. The topological polar surface area (TPSA) is 62.1 Å². The van der Waals surface area contributed by atoms with Gasteiger partial charge in [-0.2, -0.15) is 0 Å². The van der Waals surface area contributed by atoms with Crippen molar-refractivity contribution < 1.29 is 14.6 Å². The third kappa shape index (κ3) is 4.31. The lowest BCUT2D eigenvalue weighted by molar-refractivity contribution is -0.113. The molecular formula is C25H21BrN2O3S. The molecule has 0 atom stereocenters. The Morgan fingerprint density at radius 2 is 1.75 bits per heavy atom. The number of hydrogen-bond donors (Lipinski definition) is 1. The minimum Gasteiger partial charge on any atom is -0.504 e. The number of amidine groups is 1. The molecular weight excluding hydrogens is 488 g/mol. The van der Waals surface area contributed by atoms with Gasteiger partial charge < -0.3 is 9.84 Å². The molecule has 1 N–H and O–H groups in total. The van der Waals surface area contributed by atoms with E-state index in [2.05, 4.69) is 15.9 Å². The van der Waals surface area contributed by atoms with Crippen LogP contribution in [0.2, 0.25) is 0 Å². The van der Waals surface area contributed by atoms with Gasteiger partial charge in [-0.3, -0.25) is 9.69 Å². The molecule has 0 saturated carbocycles. The molecule has 0 spiro atoms. The maximum atomic E-state index is 13.5. The van der Waals surface area contributed by atoms with Crippen LogP contribution in [0.3, 0.4) is 0 Å². The number of ether oxygens (including phenoxy) is 1. The predicted octanol–water partition coefficient (Wildman–Crippen LogP) is 6.59. The van der Waals surface area contributed by atoms with Gasteiger partial charge in [0.2, 0.25) is 0 Å². The molecule has 0 aliphatic carbocycles. The molecule has 0 unspecified atom stereocenters. The fourth-order valence-corrected chi connectivity index (χ4v) is 4.80. The summed E-state index contributed by atoms with van der Waals surface area (Å²) in [5.74, 6) is 0.101. The Hall–Kier alpha value is -3.03. The van der Waals surface area contributed by atoms with Crippen molar-refractivity contribution in [1.82, 2.24) is 0 Å². The number of amides is 1. The normalized spacial score (nSPS) is 16.2. The Kier molecular flexibility index (Phi) is 6.39. The Labute approximate surface area is 199 Å². The van der Waals surface area contributed by atoms with Crippen molar-refractivity contribution in [1.29, 1.82) is 0 Å². The maximum absolute atomic E-state index is 13.5. The second-order valence-electron chi connectivity index (χ2n) is 7.26. The number of halogens is 1. The monoisotopic (exact) mass is 508 g/mol. The fourth-order valence-electron chi connectivity index (χ4n) is 3.37. The Morgan fingerprint density at radius 3 is 2.44 bits per heavy atom. The molecule has 4 rings (SSSR count). The van der Waals surface area contributed by atoms with Gasteiger partial charge in [-0.15, -0.1) is 0 Å². The Morgan fingerprint density at radius 1 is 1.06 bits per heavy atom. The average Bonchev–Trinajstić information content (AvgIpc) is 3.07. The summed E-state index contributed by atoms with van der Waals surface area (Å²) in [6.45, 7) is 3.95. The van der Waals surface area contributed by atoms with E-state index in [9.17, 15) is 9.90 Å². The molecule has 3 aromatic carbocycles. The molecule has 0 radical (unpaired) electrons. The van der Waals surface area contributed by atoms with Gasteiger partial charge in [0, 0.05) is 10.0 Å². The predicted molar refractivity (Wildman–Crippen MR) is 135 cm³/mol. The lowest BCUT2D eigenvalue weighted by atomic mass is 10.1. The first-order valence-electron chi connectivity index (χ1n) is 9.89. The first-order chi connectivity index (χ1) is 15.4. The second-order valence-corrected chi connectivity index (χ2v) is 9.19. The number of benzene rings is 3. The van der Waals surface area contributed by atoms with Crippen LogP contribution in [0.5, 0.6) is 11.5 Å². The molecule has 1 aliphatic rings. The lowest BCUT2D eigenvalue weighted by Gasteiger charge is -2.18. The molecule has 1 fully saturated rings. The highest BCUT2D eigenvalue weighted by atomic mass is 79.9. The maximum Gasteiger partial charge on any atom is 0.271 e. The van der Waals surface area contributed by atoms with Crippen molar-refractivity contribution >= 4 is 56.2 Å². The highest BCUT2D eigenvalue weighted by Gasteiger charge is 2.35. The number of methoxy groups -OCH3 is 1. The van der Waals surface area contributed by atoms with Gasteiger partial charge in [-0.1, -0.05) is 52.3 Å². The number of anilines is 1. The number of thioether (sulfide) groups is 1. The van der Waals surface area contributed by atoms with Crippen LogP contribution in [-0.2, 0) is 4.79 Å². The van der Waals surface area contributed by atoms with Crippen molar-refractivity contribution in [2.75, 3.05) is 12.0 Å². The molecule has 162 valence electrons. The van der Waals surface area contributed by atoms with Crippen LogP contribution in [0.15, 0.2) is 75.0 Å². The first-order valence-corrected chi connectivity index (χ1v) is 11.5. The number of rotatable bonds is 4. The van der Waals surface area contributed by atoms with Gasteiger partial charge in [0.1, 0.15) is 0 Å². The summed E-state index contributed by atoms with van der Waals surface area (Å²) in [5, 5.41) is 11.1. The van der Waals surface area contributed by atoms with E-state index < -0.39 is 0 Å². The minimum atomic E-state index is -0.199. The fraction of sp³-hybridized carbons (Fsp3) is 0.120. The number of carbonyl (C=O) groups excluding carboxylic acids is 1. The van der Waals surface area contributed by atoms with Crippen molar-refractivity contribution in [3.8, 4) is 11.5 Å². The summed E-state index contributed by atoms with van der Waals surface area (Å²) < 4.78 is 5.98. The van der Waals surface area contributed by atoms with Gasteiger partial charge in [0.15, 0.2) is 16.7 Å². The van der Waals surface area contributed by atoms with Crippen molar-refractivity contribution in [3.63, 3.8) is 0 Å². The molecule has 0 bridgehead atoms. The summed E-state index contributed by atoms with van der Waals surface area (Å²) in [6.07, 6.45) is 1.67. The number of hydrogen-bond acceptors (Lipinski definition) is 5. The zero-order valence-corrected chi connectivity index (χ0v) is 20.2. The number of para-hydroxylation sites is 2. The minimum absolute atomic E-state index is 0.0247. The highest BCUT2D eigenvalue weighted by molar-refractivity contribution is 9.10. The van der Waals surface area contributed by atoms with Gasteiger partial charge in [-0.05, 0) is 67.1 Å². The van der Waals surface area contributed by atoms with Gasteiger partial charge in [-0.25, -0.2) is 4.99 Å². The molecule has 5 nitrogen and oxygen atoms in total. The third-order valence-corrected chi connectivity index (χ3v) is 6.50. The Balaban J connectivity index is 1.85. The van der Waals surface area contributed by atoms with Crippen LogP contribution >= 0.6 is 27.7 Å². The number of aromatic hydroxyl groups is 1. The zero-order chi connectivity index (χ0) is 22.8. The van der Waals surface area contributed by atoms with E-state index in [0.717, 1.165) is 27.0 Å². The van der Waals surface area contributed by atoms with Crippen LogP contribution < -0.4 is 9.64 Å². The van der Waals surface area contributed by atoms with E-state index >= 15 is 0 Å². The SMILES string of the molecule is COc1cc(Br)cc(/C=C2/SC(=Nc3ccccc3C)N(c3ccccc3C)C2=O)c1O. The molecule has 32 heavy (non-hydrogen) atoms. The number of carbonyl (C=O) groups is 1. The quantitative estimate of drug-likeness (QED) is 0.403. The molecule has 3 aromatic rings. The van der Waals surface area contributed by atoms with Crippen LogP contribution in [0.4, 0.5) is 11.4 Å². The van der Waals surface area contributed by atoms with Crippen LogP contribution in [0.1, 0.15) is 16.7 Å². The summed E-state index contributed by atoms with van der Waals surface area (Å²) >= 11 is 4.71. The van der Waals surface area contributed by atoms with E-state index in [1.165, 1.54) is 18.9 Å². The van der Waals surface area contributed by atoms with E-state index in [4.69, 9.17) is 9.73 Å². The molecule has 0 aromatic heterocycles. The largest absolute Gasteiger partial charge is 0.504 e. The summed E-state index contributed by atoms with van der Waals surface area (Å²) in [4.78, 5) is 20.4. The Bertz CT molecular complexity index is 1270. The van der Waals surface area contributed by atoms with E-state index in [0.29, 0.717) is 21.4 Å².